The van der Waals surface area contributed by atoms with Crippen LogP contribution in [0.25, 0.3) is 0 Å². The maximum Gasteiger partial charge on any atom is 0.0631 e. The van der Waals surface area contributed by atoms with E-state index in [9.17, 15) is 5.11 Å². The number of ether oxygens (including phenoxy) is 1. The Balaban J connectivity index is 5.31. The van der Waals surface area contributed by atoms with Gasteiger partial charge < -0.3 is 9.84 Å². The van der Waals surface area contributed by atoms with Gasteiger partial charge in [0.05, 0.1) is 11.7 Å². The van der Waals surface area contributed by atoms with Gasteiger partial charge in [0.2, 0.25) is 0 Å². The molecule has 0 saturated heterocycles. The molecule has 0 saturated carbocycles. The van der Waals surface area contributed by atoms with Gasteiger partial charge in [0.25, 0.3) is 0 Å². The first-order chi connectivity index (χ1) is 9.27. The molecule has 0 aromatic rings. The highest BCUT2D eigenvalue weighted by Gasteiger charge is 2.46. The second-order valence-electron chi connectivity index (χ2n) is 8.91. The van der Waals surface area contributed by atoms with E-state index in [0.717, 1.165) is 19.4 Å². The fraction of sp³-hybridized carbons (Fsp3) is 1.00. The third-order valence-electron chi connectivity index (χ3n) is 5.47. The summed E-state index contributed by atoms with van der Waals surface area (Å²) in [4.78, 5) is 0. The van der Waals surface area contributed by atoms with Gasteiger partial charge >= 0.3 is 0 Å². The van der Waals surface area contributed by atoms with E-state index < -0.39 is 0 Å². The van der Waals surface area contributed by atoms with E-state index in [-0.39, 0.29) is 22.5 Å². The molecule has 2 unspecified atom stereocenters. The van der Waals surface area contributed by atoms with Crippen molar-refractivity contribution in [2.45, 2.75) is 93.8 Å². The molecular formula is C19H40O2. The summed E-state index contributed by atoms with van der Waals surface area (Å²) in [7, 11) is 0. The molecule has 0 amide bonds. The third-order valence-corrected chi connectivity index (χ3v) is 5.47. The normalized spacial score (nSPS) is 17.1. The maximum absolute atomic E-state index is 9.89. The van der Waals surface area contributed by atoms with Crippen molar-refractivity contribution in [2.75, 3.05) is 6.61 Å². The Morgan fingerprint density at radius 1 is 0.952 bits per heavy atom. The monoisotopic (exact) mass is 300 g/mol. The molecular weight excluding hydrogens is 260 g/mol. The Morgan fingerprint density at radius 2 is 1.43 bits per heavy atom. The zero-order valence-corrected chi connectivity index (χ0v) is 16.2. The summed E-state index contributed by atoms with van der Waals surface area (Å²) in [5.41, 5.74) is 0.157. The second-order valence-corrected chi connectivity index (χ2v) is 8.91. The Hall–Kier alpha value is -0.0800. The lowest BCUT2D eigenvalue weighted by Gasteiger charge is -2.51. The van der Waals surface area contributed by atoms with E-state index in [4.69, 9.17) is 4.74 Å². The van der Waals surface area contributed by atoms with Gasteiger partial charge in [0.15, 0.2) is 0 Å². The highest BCUT2D eigenvalue weighted by molar-refractivity contribution is 4.96. The van der Waals surface area contributed by atoms with Gasteiger partial charge in [-0.15, -0.1) is 0 Å². The minimum absolute atomic E-state index is 0.109. The molecule has 1 N–H and O–H groups in total. The largest absolute Gasteiger partial charge is 0.393 e. The van der Waals surface area contributed by atoms with Gasteiger partial charge in [-0.1, -0.05) is 41.5 Å². The van der Waals surface area contributed by atoms with Crippen LogP contribution in [0.3, 0.4) is 0 Å². The van der Waals surface area contributed by atoms with E-state index in [0.29, 0.717) is 11.8 Å². The molecule has 0 aromatic carbocycles. The molecule has 0 aliphatic rings. The summed E-state index contributed by atoms with van der Waals surface area (Å²) in [6.07, 6.45) is 1.64. The Bertz CT molecular complexity index is 301. The Labute approximate surface area is 133 Å². The molecule has 0 aliphatic carbocycles. The number of aliphatic hydroxyl groups is 1. The van der Waals surface area contributed by atoms with Crippen molar-refractivity contribution >= 4 is 0 Å². The van der Waals surface area contributed by atoms with Crippen LogP contribution in [-0.2, 0) is 4.74 Å². The molecule has 0 spiro atoms. The van der Waals surface area contributed by atoms with Crippen LogP contribution in [0.2, 0.25) is 0 Å². The first kappa shape index (κ1) is 20.9. The molecule has 2 nitrogen and oxygen atoms in total. The fourth-order valence-corrected chi connectivity index (χ4v) is 4.00. The molecule has 0 fully saturated rings. The van der Waals surface area contributed by atoms with E-state index in [1.807, 2.05) is 6.92 Å². The lowest BCUT2D eigenvalue weighted by atomic mass is 9.55. The van der Waals surface area contributed by atoms with Crippen LogP contribution in [0.1, 0.15) is 82.1 Å². The maximum atomic E-state index is 9.89. The summed E-state index contributed by atoms with van der Waals surface area (Å²) in [6, 6.07) is 0. The van der Waals surface area contributed by atoms with Crippen molar-refractivity contribution in [3.8, 4) is 0 Å². The smallest absolute Gasteiger partial charge is 0.0631 e. The van der Waals surface area contributed by atoms with Crippen LogP contribution in [0, 0.1) is 22.7 Å². The molecule has 2 heteroatoms. The van der Waals surface area contributed by atoms with E-state index >= 15 is 0 Å². The van der Waals surface area contributed by atoms with Crippen LogP contribution in [0.4, 0.5) is 0 Å². The van der Waals surface area contributed by atoms with Gasteiger partial charge in [-0.25, -0.2) is 0 Å². The molecule has 0 rings (SSSR count). The van der Waals surface area contributed by atoms with Crippen LogP contribution < -0.4 is 0 Å². The summed E-state index contributed by atoms with van der Waals surface area (Å²) >= 11 is 0. The highest BCUT2D eigenvalue weighted by Crippen LogP contribution is 2.52. The quantitative estimate of drug-likeness (QED) is 0.627. The lowest BCUT2D eigenvalue weighted by molar-refractivity contribution is -0.0889. The number of hydrogen-bond acceptors (Lipinski definition) is 2. The molecule has 0 heterocycles. The Kier molecular flexibility index (Phi) is 7.43. The fourth-order valence-electron chi connectivity index (χ4n) is 4.00. The average molecular weight is 301 g/mol. The second kappa shape index (κ2) is 7.46. The Morgan fingerprint density at radius 3 is 1.76 bits per heavy atom. The summed E-state index contributed by atoms with van der Waals surface area (Å²) in [5, 5.41) is 9.89. The van der Waals surface area contributed by atoms with Crippen LogP contribution in [0.5, 0.6) is 0 Å². The van der Waals surface area contributed by atoms with Gasteiger partial charge in [-0.3, -0.25) is 0 Å². The molecule has 0 bridgehead atoms. The average Bonchev–Trinajstić information content (AvgIpc) is 2.22. The topological polar surface area (TPSA) is 29.5 Å². The van der Waals surface area contributed by atoms with Crippen LogP contribution in [-0.4, -0.2) is 23.4 Å². The predicted molar refractivity (Wildman–Crippen MR) is 92.5 cm³/mol. The molecule has 0 aromatic heterocycles. The summed E-state index contributed by atoms with van der Waals surface area (Å²) in [6.45, 7) is 23.1. The van der Waals surface area contributed by atoms with E-state index in [1.54, 1.807) is 0 Å². The molecule has 0 aliphatic heterocycles. The van der Waals surface area contributed by atoms with Crippen molar-refractivity contribution in [1.82, 2.24) is 0 Å². The van der Waals surface area contributed by atoms with Crippen LogP contribution >= 0.6 is 0 Å². The number of aliphatic hydroxyl groups excluding tert-OH is 1. The summed E-state index contributed by atoms with van der Waals surface area (Å²) in [5.74, 6) is 1.05. The third kappa shape index (κ3) is 5.90. The van der Waals surface area contributed by atoms with Gasteiger partial charge in [-0.05, 0) is 63.2 Å². The number of rotatable bonds is 9. The van der Waals surface area contributed by atoms with Crippen LogP contribution in [0.15, 0.2) is 0 Å². The van der Waals surface area contributed by atoms with Gasteiger partial charge in [0, 0.05) is 6.61 Å². The van der Waals surface area contributed by atoms with Crippen molar-refractivity contribution < 1.29 is 9.84 Å². The first-order valence-electron chi connectivity index (χ1n) is 8.59. The predicted octanol–water partition coefficient (Wildman–Crippen LogP) is 5.29. The molecule has 21 heavy (non-hydrogen) atoms. The zero-order chi connectivity index (χ0) is 17.1. The molecule has 0 radical (unpaired) electrons. The molecule has 128 valence electrons. The minimum atomic E-state index is -0.243. The minimum Gasteiger partial charge on any atom is -0.393 e. The zero-order valence-electron chi connectivity index (χ0n) is 16.2. The van der Waals surface area contributed by atoms with E-state index in [2.05, 4.69) is 62.3 Å². The van der Waals surface area contributed by atoms with E-state index in [1.165, 1.54) is 0 Å². The van der Waals surface area contributed by atoms with Crippen molar-refractivity contribution in [3.63, 3.8) is 0 Å². The van der Waals surface area contributed by atoms with Crippen molar-refractivity contribution in [3.05, 3.63) is 0 Å². The number of hydrogen-bond donors (Lipinski definition) is 1. The summed E-state index contributed by atoms with van der Waals surface area (Å²) < 4.78 is 5.93. The van der Waals surface area contributed by atoms with Crippen molar-refractivity contribution in [2.24, 2.45) is 22.7 Å². The highest BCUT2D eigenvalue weighted by atomic mass is 16.5. The van der Waals surface area contributed by atoms with Gasteiger partial charge in [-0.2, -0.15) is 0 Å². The lowest BCUT2D eigenvalue weighted by Crippen LogP contribution is -2.46. The molecule has 2 atom stereocenters. The van der Waals surface area contributed by atoms with Gasteiger partial charge in [0.1, 0.15) is 0 Å². The first-order valence-corrected chi connectivity index (χ1v) is 8.59. The standard InChI is InChI=1S/C19H40O2/c1-11-21-18(7,8)13-17(5,6)19(9,10)16(14(2)3)12-15(4)20/h14-16,20H,11-13H2,1-10H3. The van der Waals surface area contributed by atoms with Crippen molar-refractivity contribution in [1.29, 1.82) is 0 Å². The SMILES string of the molecule is CCOC(C)(C)CC(C)(C)C(C)(C)C(CC(C)O)C(C)C.